The second-order valence-corrected chi connectivity index (χ2v) is 4.33. The van der Waals surface area contributed by atoms with E-state index in [1.807, 2.05) is 24.3 Å². The zero-order valence-electron chi connectivity index (χ0n) is 10.5. The van der Waals surface area contributed by atoms with Gasteiger partial charge in [-0.15, -0.1) is 0 Å². The summed E-state index contributed by atoms with van der Waals surface area (Å²) in [6, 6.07) is 7.90. The number of rotatable bonds is 4. The van der Waals surface area contributed by atoms with Crippen LogP contribution in [0.1, 0.15) is 31.0 Å². The van der Waals surface area contributed by atoms with Crippen LogP contribution in [-0.4, -0.2) is 15.1 Å². The van der Waals surface area contributed by atoms with Crippen molar-refractivity contribution >= 4 is 0 Å². The van der Waals surface area contributed by atoms with Gasteiger partial charge in [-0.2, -0.15) is 0 Å². The quantitative estimate of drug-likeness (QED) is 0.898. The molecule has 0 bridgehead atoms. The lowest BCUT2D eigenvalue weighted by Gasteiger charge is -2.07. The zero-order chi connectivity index (χ0) is 13.0. The number of aliphatic hydroxyl groups excluding tert-OH is 1. The monoisotopic (exact) mass is 244 g/mol. The number of benzene rings is 1. The van der Waals surface area contributed by atoms with E-state index >= 15 is 0 Å². The molecule has 0 radical (unpaired) electrons. The van der Waals surface area contributed by atoms with Gasteiger partial charge in [-0.3, -0.25) is 4.98 Å². The fraction of sp³-hybridized carbons (Fsp3) is 0.286. The van der Waals surface area contributed by atoms with Gasteiger partial charge in [-0.1, -0.05) is 26.0 Å². The highest BCUT2D eigenvalue weighted by molar-refractivity contribution is 5.31. The van der Waals surface area contributed by atoms with Gasteiger partial charge in [-0.25, -0.2) is 4.98 Å². The van der Waals surface area contributed by atoms with Crippen molar-refractivity contribution in [2.45, 2.75) is 26.4 Å². The van der Waals surface area contributed by atoms with Gasteiger partial charge in [0, 0.05) is 0 Å². The van der Waals surface area contributed by atoms with Gasteiger partial charge in [0.25, 0.3) is 0 Å². The van der Waals surface area contributed by atoms with Crippen LogP contribution in [0, 0.1) is 0 Å². The molecular formula is C14H16N2O2. The third kappa shape index (κ3) is 3.05. The molecule has 1 heterocycles. The third-order valence-electron chi connectivity index (χ3n) is 2.61. The first-order valence-electron chi connectivity index (χ1n) is 5.88. The standard InChI is InChI=1S/C14H16N2O2/c1-10(2)11-3-5-13(6-4-11)18-14-8-15-12(9-17)7-16-14/h3-8,10,17H,9H2,1-2H3. The Kier molecular flexibility index (Phi) is 3.89. The van der Waals surface area contributed by atoms with Crippen molar-refractivity contribution in [2.24, 2.45) is 0 Å². The van der Waals surface area contributed by atoms with E-state index in [1.54, 1.807) is 0 Å². The topological polar surface area (TPSA) is 55.2 Å². The average molecular weight is 244 g/mol. The van der Waals surface area contributed by atoms with E-state index in [4.69, 9.17) is 9.84 Å². The summed E-state index contributed by atoms with van der Waals surface area (Å²) in [5, 5.41) is 8.86. The van der Waals surface area contributed by atoms with Crippen molar-refractivity contribution in [1.82, 2.24) is 9.97 Å². The summed E-state index contributed by atoms with van der Waals surface area (Å²) in [5.41, 5.74) is 1.79. The summed E-state index contributed by atoms with van der Waals surface area (Å²) in [4.78, 5) is 8.06. The lowest BCUT2D eigenvalue weighted by molar-refractivity contribution is 0.276. The molecule has 0 spiro atoms. The highest BCUT2D eigenvalue weighted by Crippen LogP contribution is 2.22. The molecule has 0 saturated carbocycles. The molecule has 0 unspecified atom stereocenters. The minimum Gasteiger partial charge on any atom is -0.438 e. The summed E-state index contributed by atoms with van der Waals surface area (Å²) in [5.74, 6) is 1.65. The molecule has 0 amide bonds. The Morgan fingerprint density at radius 2 is 1.83 bits per heavy atom. The van der Waals surface area contributed by atoms with E-state index in [-0.39, 0.29) is 6.61 Å². The second-order valence-electron chi connectivity index (χ2n) is 4.33. The molecule has 94 valence electrons. The van der Waals surface area contributed by atoms with Crippen LogP contribution < -0.4 is 4.74 Å². The van der Waals surface area contributed by atoms with Crippen LogP contribution in [-0.2, 0) is 6.61 Å². The van der Waals surface area contributed by atoms with Crippen molar-refractivity contribution < 1.29 is 9.84 Å². The maximum Gasteiger partial charge on any atom is 0.237 e. The van der Waals surface area contributed by atoms with Gasteiger partial charge in [0.2, 0.25) is 5.88 Å². The van der Waals surface area contributed by atoms with E-state index in [0.29, 0.717) is 17.5 Å². The Labute approximate surface area is 106 Å². The molecular weight excluding hydrogens is 228 g/mol. The number of aliphatic hydroxyl groups is 1. The summed E-state index contributed by atoms with van der Waals surface area (Å²) in [7, 11) is 0. The third-order valence-corrected chi connectivity index (χ3v) is 2.61. The minimum atomic E-state index is -0.115. The van der Waals surface area contributed by atoms with Crippen LogP contribution in [0.3, 0.4) is 0 Å². The molecule has 0 aliphatic rings. The molecule has 4 heteroatoms. The SMILES string of the molecule is CC(C)c1ccc(Oc2cnc(CO)cn2)cc1. The summed E-state index contributed by atoms with van der Waals surface area (Å²) >= 11 is 0. The highest BCUT2D eigenvalue weighted by atomic mass is 16.5. The molecule has 1 aromatic carbocycles. The van der Waals surface area contributed by atoms with Crippen LogP contribution >= 0.6 is 0 Å². The lowest BCUT2D eigenvalue weighted by Crippen LogP contribution is -1.94. The van der Waals surface area contributed by atoms with E-state index in [0.717, 1.165) is 5.75 Å². The van der Waals surface area contributed by atoms with Gasteiger partial charge in [0.15, 0.2) is 0 Å². The predicted octanol–water partition coefficient (Wildman–Crippen LogP) is 2.88. The molecule has 0 saturated heterocycles. The number of hydrogen-bond acceptors (Lipinski definition) is 4. The average Bonchev–Trinajstić information content (AvgIpc) is 2.40. The van der Waals surface area contributed by atoms with Gasteiger partial charge >= 0.3 is 0 Å². The summed E-state index contributed by atoms with van der Waals surface area (Å²) < 4.78 is 5.56. The minimum absolute atomic E-state index is 0.115. The molecule has 1 N–H and O–H groups in total. The molecule has 0 atom stereocenters. The predicted molar refractivity (Wildman–Crippen MR) is 68.6 cm³/mol. The molecule has 0 fully saturated rings. The van der Waals surface area contributed by atoms with Gasteiger partial charge in [0.1, 0.15) is 5.75 Å². The Hall–Kier alpha value is -1.94. The van der Waals surface area contributed by atoms with E-state index < -0.39 is 0 Å². The van der Waals surface area contributed by atoms with E-state index in [1.165, 1.54) is 18.0 Å². The molecule has 1 aromatic heterocycles. The first-order valence-corrected chi connectivity index (χ1v) is 5.88. The van der Waals surface area contributed by atoms with Crippen molar-refractivity contribution in [2.75, 3.05) is 0 Å². The fourth-order valence-electron chi connectivity index (χ4n) is 1.52. The first-order chi connectivity index (χ1) is 8.69. The van der Waals surface area contributed by atoms with E-state index in [9.17, 15) is 0 Å². The van der Waals surface area contributed by atoms with Gasteiger partial charge in [-0.05, 0) is 23.6 Å². The zero-order valence-corrected chi connectivity index (χ0v) is 10.5. The Bertz CT molecular complexity index is 492. The van der Waals surface area contributed by atoms with Crippen LogP contribution in [0.5, 0.6) is 11.6 Å². The van der Waals surface area contributed by atoms with Crippen molar-refractivity contribution in [3.63, 3.8) is 0 Å². The van der Waals surface area contributed by atoms with Crippen LogP contribution in [0.2, 0.25) is 0 Å². The van der Waals surface area contributed by atoms with Crippen LogP contribution in [0.25, 0.3) is 0 Å². The molecule has 0 aliphatic heterocycles. The van der Waals surface area contributed by atoms with Crippen molar-refractivity contribution in [1.29, 1.82) is 0 Å². The molecule has 2 aromatic rings. The highest BCUT2D eigenvalue weighted by Gasteiger charge is 2.02. The first kappa shape index (κ1) is 12.5. The van der Waals surface area contributed by atoms with Crippen LogP contribution in [0.15, 0.2) is 36.7 Å². The van der Waals surface area contributed by atoms with Gasteiger partial charge in [0.05, 0.1) is 24.7 Å². The summed E-state index contributed by atoms with van der Waals surface area (Å²) in [6.45, 7) is 4.18. The number of aromatic nitrogens is 2. The lowest BCUT2D eigenvalue weighted by atomic mass is 10.0. The molecule has 2 rings (SSSR count). The normalized spacial score (nSPS) is 10.7. The number of nitrogens with zero attached hydrogens (tertiary/aromatic N) is 2. The molecule has 0 aliphatic carbocycles. The number of hydrogen-bond donors (Lipinski definition) is 1. The molecule has 18 heavy (non-hydrogen) atoms. The largest absolute Gasteiger partial charge is 0.438 e. The Morgan fingerprint density at radius 3 is 2.33 bits per heavy atom. The number of ether oxygens (including phenoxy) is 1. The Balaban J connectivity index is 2.08. The van der Waals surface area contributed by atoms with Crippen molar-refractivity contribution in [3.8, 4) is 11.6 Å². The van der Waals surface area contributed by atoms with Gasteiger partial charge < -0.3 is 9.84 Å². The second kappa shape index (κ2) is 5.60. The van der Waals surface area contributed by atoms with Crippen molar-refractivity contribution in [3.05, 3.63) is 47.9 Å². The fourth-order valence-corrected chi connectivity index (χ4v) is 1.52. The molecule has 4 nitrogen and oxygen atoms in total. The smallest absolute Gasteiger partial charge is 0.237 e. The maximum absolute atomic E-state index is 8.86. The Morgan fingerprint density at radius 1 is 1.11 bits per heavy atom. The summed E-state index contributed by atoms with van der Waals surface area (Å²) in [6.07, 6.45) is 3.00. The van der Waals surface area contributed by atoms with E-state index in [2.05, 4.69) is 23.8 Å². The maximum atomic E-state index is 8.86. The van der Waals surface area contributed by atoms with Crippen LogP contribution in [0.4, 0.5) is 0 Å².